The van der Waals surface area contributed by atoms with Gasteiger partial charge in [-0.05, 0) is 0 Å². The van der Waals surface area contributed by atoms with Gasteiger partial charge in [0, 0.05) is 17.1 Å². The van der Waals surface area contributed by atoms with Crippen LogP contribution in [0.15, 0.2) is 87.9 Å². The Morgan fingerprint density at radius 3 is 1.59 bits per heavy atom. The van der Waals surface area contributed by atoms with Gasteiger partial charge in [-0.1, -0.05) is 0 Å². The summed E-state index contributed by atoms with van der Waals surface area (Å²) in [5.74, 6) is 5.11. The van der Waals surface area contributed by atoms with Crippen LogP contribution in [0.1, 0.15) is 0 Å². The minimum Gasteiger partial charge on any atom is 0 e. The zero-order valence-electron chi connectivity index (χ0n) is 14.8. The molecule has 1 radical (unpaired) electrons. The standard InChI is InChI=1S/C22H12AsBrO4.Mn/c24-22-11-21(19(13-26)18(12-25)20(22)14-27)23(15-28,16-7-3-1-4-8-16)17-9-5-2-6-10-17;/h1-11,21H;. The van der Waals surface area contributed by atoms with Gasteiger partial charge in [0.2, 0.25) is 0 Å². The number of hydrogen-bond donors (Lipinski definition) is 0. The molecule has 0 saturated heterocycles. The van der Waals surface area contributed by atoms with Gasteiger partial charge in [-0.2, -0.15) is 0 Å². The molecule has 1 aliphatic rings. The summed E-state index contributed by atoms with van der Waals surface area (Å²) < 4.78 is 3.31. The van der Waals surface area contributed by atoms with E-state index in [2.05, 4.69) is 20.6 Å². The van der Waals surface area contributed by atoms with Crippen molar-refractivity contribution in [1.82, 2.24) is 0 Å². The molecular weight excluding hydrogens is 538 g/mol. The summed E-state index contributed by atoms with van der Waals surface area (Å²) in [5.41, 5.74) is -0.400. The molecule has 143 valence electrons. The van der Waals surface area contributed by atoms with Crippen LogP contribution in [0.2, 0.25) is 4.71 Å². The molecule has 2 aromatic rings. The molecule has 29 heavy (non-hydrogen) atoms. The van der Waals surface area contributed by atoms with Crippen LogP contribution >= 0.6 is 15.9 Å². The van der Waals surface area contributed by atoms with E-state index in [1.807, 2.05) is 60.7 Å². The van der Waals surface area contributed by atoms with E-state index in [0.717, 1.165) is 8.70 Å². The summed E-state index contributed by atoms with van der Waals surface area (Å²) in [4.78, 5) is 47.4. The number of allylic oxidation sites excluding steroid dienone is 5. The molecule has 0 amide bonds. The van der Waals surface area contributed by atoms with E-state index in [0.29, 0.717) is 0 Å². The fourth-order valence-corrected chi connectivity index (χ4v) is 11.6. The number of hydrogen-bond acceptors (Lipinski definition) is 4. The third-order valence-electron chi connectivity index (χ3n) is 4.56. The maximum atomic E-state index is 12.6. The molecule has 0 aromatic heterocycles. The molecule has 0 spiro atoms. The summed E-state index contributed by atoms with van der Waals surface area (Å²) in [6, 6.07) is 18.2. The van der Waals surface area contributed by atoms with E-state index >= 15 is 0 Å². The van der Waals surface area contributed by atoms with Gasteiger partial charge in [-0.25, -0.2) is 0 Å². The number of benzene rings is 2. The topological polar surface area (TPSA) is 68.3 Å². The predicted octanol–water partition coefficient (Wildman–Crippen LogP) is 1.83. The Hall–Kier alpha value is -2.33. The summed E-state index contributed by atoms with van der Waals surface area (Å²) >= 11 is -0.591. The van der Waals surface area contributed by atoms with Gasteiger partial charge in [0.05, 0.1) is 0 Å². The first-order valence-corrected chi connectivity index (χ1v) is 12.9. The quantitative estimate of drug-likeness (QED) is 0.433. The van der Waals surface area contributed by atoms with Crippen molar-refractivity contribution in [2.24, 2.45) is 0 Å². The maximum absolute atomic E-state index is 12.6. The Labute approximate surface area is 188 Å². The van der Waals surface area contributed by atoms with Gasteiger partial charge in [-0.3, -0.25) is 0 Å². The molecular formula is C22H12AsBrMnO4. The van der Waals surface area contributed by atoms with E-state index in [4.69, 9.17) is 0 Å². The molecule has 2 aromatic carbocycles. The van der Waals surface area contributed by atoms with Crippen molar-refractivity contribution in [3.8, 4) is 0 Å². The Bertz CT molecular complexity index is 1150. The molecule has 0 bridgehead atoms. The number of rotatable bonds is 3. The van der Waals surface area contributed by atoms with Crippen LogP contribution in [0.5, 0.6) is 0 Å². The molecule has 0 saturated carbocycles. The first-order chi connectivity index (χ1) is 13.6. The van der Waals surface area contributed by atoms with Crippen molar-refractivity contribution in [3.63, 3.8) is 0 Å². The molecule has 0 N–H and O–H groups in total. The third kappa shape index (κ3) is 3.91. The summed E-state index contributed by atoms with van der Waals surface area (Å²) in [5, 5.41) is 0. The zero-order valence-corrected chi connectivity index (χ0v) is 19.4. The molecule has 0 fully saturated rings. The number of halogens is 1. The molecule has 1 atom stereocenters. The Morgan fingerprint density at radius 2 is 1.21 bits per heavy atom. The summed E-state index contributed by atoms with van der Waals surface area (Å²) in [6.07, 6.45) is 1.61. The maximum Gasteiger partial charge on any atom is 0 e. The van der Waals surface area contributed by atoms with Crippen molar-refractivity contribution in [2.45, 2.75) is 4.71 Å². The predicted molar refractivity (Wildman–Crippen MR) is 112 cm³/mol. The normalized spacial score (nSPS) is 15.8. The van der Waals surface area contributed by atoms with E-state index in [9.17, 15) is 19.2 Å². The Balaban J connectivity index is 0.00000300. The smallest absolute Gasteiger partial charge is 0 e. The minimum absolute atomic E-state index is 0. The van der Waals surface area contributed by atoms with E-state index < -0.39 is 17.8 Å². The second-order valence-corrected chi connectivity index (χ2v) is 13.5. The Morgan fingerprint density at radius 1 is 0.724 bits per heavy atom. The first kappa shape index (κ1) is 23.0. The van der Waals surface area contributed by atoms with Crippen molar-refractivity contribution in [3.05, 3.63) is 87.9 Å². The van der Waals surface area contributed by atoms with Crippen molar-refractivity contribution in [1.29, 1.82) is 0 Å². The van der Waals surface area contributed by atoms with Gasteiger partial charge in [-0.15, -0.1) is 0 Å². The van der Waals surface area contributed by atoms with E-state index in [-0.39, 0.29) is 38.3 Å². The van der Waals surface area contributed by atoms with Crippen molar-refractivity contribution in [2.75, 3.05) is 0 Å². The first-order valence-electron chi connectivity index (χ1n) is 8.17. The second-order valence-electron chi connectivity index (χ2n) is 5.91. The monoisotopic (exact) mass is 549 g/mol. The molecule has 0 heterocycles. The SMILES string of the molecule is O=C=C1C(=C=O)C(Br)=CC([As](=C=O)(c2ccccc2)c2ccccc2)C1=C=O.[Mn]. The number of carbonyl (C=O) groups excluding carboxylic acids is 4. The van der Waals surface area contributed by atoms with Crippen LogP contribution in [0.3, 0.4) is 0 Å². The fraction of sp³-hybridized carbons (Fsp3) is 0.0455. The van der Waals surface area contributed by atoms with Gasteiger partial charge in [0.25, 0.3) is 0 Å². The molecule has 1 aliphatic carbocycles. The van der Waals surface area contributed by atoms with Gasteiger partial charge < -0.3 is 0 Å². The largest absolute Gasteiger partial charge is 0 e. The molecule has 0 aliphatic heterocycles. The molecule has 1 unspecified atom stereocenters. The van der Waals surface area contributed by atoms with Gasteiger partial charge >= 0.3 is 172 Å². The van der Waals surface area contributed by atoms with Crippen molar-refractivity contribution < 1.29 is 36.2 Å². The second kappa shape index (κ2) is 9.93. The summed E-state index contributed by atoms with van der Waals surface area (Å²) in [7, 11) is 0. The molecule has 4 nitrogen and oxygen atoms in total. The van der Waals surface area contributed by atoms with Crippen LogP contribution in [0.25, 0.3) is 0 Å². The average Bonchev–Trinajstić information content (AvgIpc) is 2.75. The summed E-state index contributed by atoms with van der Waals surface area (Å²) in [6.45, 7) is 0. The van der Waals surface area contributed by atoms with Gasteiger partial charge in [0.15, 0.2) is 0 Å². The third-order valence-corrected chi connectivity index (χ3v) is 13.1. The van der Waals surface area contributed by atoms with E-state index in [1.165, 1.54) is 0 Å². The van der Waals surface area contributed by atoms with Crippen molar-refractivity contribution >= 4 is 60.2 Å². The van der Waals surface area contributed by atoms with Crippen LogP contribution < -0.4 is 8.70 Å². The van der Waals surface area contributed by atoms with Crippen LogP contribution in [0, 0.1) is 0 Å². The van der Waals surface area contributed by atoms with Gasteiger partial charge in [0.1, 0.15) is 0 Å². The van der Waals surface area contributed by atoms with E-state index in [1.54, 1.807) is 23.9 Å². The molecule has 7 heteroatoms. The van der Waals surface area contributed by atoms with Crippen LogP contribution in [0.4, 0.5) is 0 Å². The minimum atomic E-state index is -3.87. The average molecular weight is 550 g/mol. The van der Waals surface area contributed by atoms with Crippen LogP contribution in [-0.2, 0) is 36.2 Å². The van der Waals surface area contributed by atoms with Crippen LogP contribution in [-0.4, -0.2) is 35.6 Å². The fourth-order valence-electron chi connectivity index (χ4n) is 3.29. The Kier molecular flexibility index (Phi) is 7.86. The zero-order chi connectivity index (χ0) is 20.1. The molecule has 3 rings (SSSR count).